The van der Waals surface area contributed by atoms with E-state index in [-0.39, 0.29) is 0 Å². The van der Waals surface area contributed by atoms with Crippen molar-refractivity contribution in [3.63, 3.8) is 0 Å². The number of nitrogens with zero attached hydrogens (tertiary/aromatic N) is 1. The molecule has 5 heteroatoms. The monoisotopic (exact) mass is 1300 g/mol. The number of likely N-dealkylation sites (tertiary alicyclic amines) is 1. The smallest absolute Gasteiger partial charge is 0.0457 e. The third kappa shape index (κ3) is 58.7. The summed E-state index contributed by atoms with van der Waals surface area (Å²) in [6.45, 7) is 17.6. The molecule has 0 spiro atoms. The summed E-state index contributed by atoms with van der Waals surface area (Å²) in [6, 6.07) is 1.84. The molecule has 0 saturated carbocycles. The Labute approximate surface area is 589 Å². The highest BCUT2D eigenvalue weighted by molar-refractivity contribution is 4.96. The van der Waals surface area contributed by atoms with Gasteiger partial charge in [0.15, 0.2) is 0 Å². The first-order chi connectivity index (χ1) is 46.7. The van der Waals surface area contributed by atoms with Crippen molar-refractivity contribution in [1.82, 2.24) is 26.2 Å². The van der Waals surface area contributed by atoms with Crippen molar-refractivity contribution >= 4 is 0 Å². The van der Waals surface area contributed by atoms with Crippen LogP contribution in [0.4, 0.5) is 0 Å². The van der Waals surface area contributed by atoms with Gasteiger partial charge in [-0.25, -0.2) is 0 Å². The van der Waals surface area contributed by atoms with Gasteiger partial charge in [-0.2, -0.15) is 0 Å². The molecule has 0 aromatic rings. The van der Waals surface area contributed by atoms with Crippen LogP contribution in [0.5, 0.6) is 0 Å². The third-order valence-corrected chi connectivity index (χ3v) is 20.8. The number of hydrogen-bond acceptors (Lipinski definition) is 5. The number of nitrogens with one attached hydrogen (secondary N) is 4. The summed E-state index contributed by atoms with van der Waals surface area (Å²) in [5, 5.41) is 16.4. The van der Waals surface area contributed by atoms with Crippen LogP contribution in [0.1, 0.15) is 394 Å². The lowest BCUT2D eigenvalue weighted by Crippen LogP contribution is -2.48. The number of allylic oxidation sites excluding steroid dienone is 16. The van der Waals surface area contributed by atoms with Crippen LogP contribution in [0.3, 0.4) is 0 Å². The number of piperidine rings is 1. The lowest BCUT2D eigenvalue weighted by molar-refractivity contribution is 0.150. The Bertz CT molecular complexity index is 1740. The summed E-state index contributed by atoms with van der Waals surface area (Å²) in [5.74, 6) is 1.45. The van der Waals surface area contributed by atoms with Gasteiger partial charge in [-0.1, -0.05) is 298 Å². The summed E-state index contributed by atoms with van der Waals surface area (Å²) in [5.41, 5.74) is 0. The molecule has 0 aliphatic carbocycles. The maximum atomic E-state index is 4.52. The highest BCUT2D eigenvalue weighted by Gasteiger charge is 2.34. The molecule has 5 nitrogen and oxygen atoms in total. The predicted octanol–water partition coefficient (Wildman–Crippen LogP) is 26.7. The van der Waals surface area contributed by atoms with E-state index in [2.05, 4.69) is 151 Å². The SMILES string of the molecule is CCCCCC=CCC=CCCCCCCCCC(NCCCCN1CCCCC1)C(CCCCCCCC=CCC=CCCCCC)C(CCCCCCCC=CCC=CCCCCC)C(CCCCCCCCC=CCC=CCCCCC)NCCCC1CNCN1. The van der Waals surface area contributed by atoms with Gasteiger partial charge in [0.1, 0.15) is 0 Å². The van der Waals surface area contributed by atoms with E-state index in [0.717, 1.165) is 50.7 Å². The Morgan fingerprint density at radius 1 is 0.319 bits per heavy atom. The summed E-state index contributed by atoms with van der Waals surface area (Å²) < 4.78 is 0. The molecular formula is C89H165N5. The molecule has 0 bridgehead atoms. The largest absolute Gasteiger partial charge is 0.314 e. The van der Waals surface area contributed by atoms with Crippen molar-refractivity contribution in [1.29, 1.82) is 0 Å². The fourth-order valence-electron chi connectivity index (χ4n) is 14.8. The normalized spacial score (nSPS) is 16.7. The van der Waals surface area contributed by atoms with E-state index in [1.54, 1.807) is 0 Å². The summed E-state index contributed by atoms with van der Waals surface area (Å²) >= 11 is 0. The summed E-state index contributed by atoms with van der Waals surface area (Å²) in [4.78, 5) is 2.78. The molecule has 94 heavy (non-hydrogen) atoms. The zero-order chi connectivity index (χ0) is 66.9. The molecule has 2 fully saturated rings. The molecule has 546 valence electrons. The quantitative estimate of drug-likeness (QED) is 0.0361. The topological polar surface area (TPSA) is 51.4 Å². The van der Waals surface area contributed by atoms with Crippen LogP contribution in [0.15, 0.2) is 97.2 Å². The lowest BCUT2D eigenvalue weighted by atomic mass is 9.72. The minimum atomic E-state index is 0.605. The van der Waals surface area contributed by atoms with Crippen molar-refractivity contribution in [2.24, 2.45) is 11.8 Å². The first kappa shape index (κ1) is 87.8. The Balaban J connectivity index is 2.35. The highest BCUT2D eigenvalue weighted by Crippen LogP contribution is 2.35. The van der Waals surface area contributed by atoms with Crippen molar-refractivity contribution in [3.05, 3.63) is 97.2 Å². The van der Waals surface area contributed by atoms with E-state index in [1.165, 1.54) is 373 Å². The van der Waals surface area contributed by atoms with Gasteiger partial charge in [0, 0.05) is 31.3 Å². The van der Waals surface area contributed by atoms with Gasteiger partial charge in [0.05, 0.1) is 0 Å². The van der Waals surface area contributed by atoms with Crippen molar-refractivity contribution < 1.29 is 0 Å². The van der Waals surface area contributed by atoms with Crippen LogP contribution in [-0.4, -0.2) is 69.0 Å². The maximum absolute atomic E-state index is 4.52. The number of rotatable bonds is 72. The van der Waals surface area contributed by atoms with Gasteiger partial charge in [-0.3, -0.25) is 0 Å². The van der Waals surface area contributed by atoms with E-state index in [0.29, 0.717) is 18.1 Å². The lowest BCUT2D eigenvalue weighted by Gasteiger charge is -2.40. The zero-order valence-electron chi connectivity index (χ0n) is 63.8. The number of unbranched alkanes of at least 4 members (excludes halogenated alkanes) is 35. The Kier molecular flexibility index (Phi) is 68.6. The van der Waals surface area contributed by atoms with Crippen LogP contribution in [0.2, 0.25) is 0 Å². The Morgan fingerprint density at radius 2 is 0.628 bits per heavy atom. The average Bonchev–Trinajstić information content (AvgIpc) is 0.972. The summed E-state index contributed by atoms with van der Waals surface area (Å²) in [7, 11) is 0. The van der Waals surface area contributed by atoms with Gasteiger partial charge in [0.25, 0.3) is 0 Å². The van der Waals surface area contributed by atoms with Crippen molar-refractivity contribution in [2.45, 2.75) is 412 Å². The fraction of sp³-hybridized carbons (Fsp3) is 0.820. The van der Waals surface area contributed by atoms with E-state index in [1.807, 2.05) is 0 Å². The molecule has 5 unspecified atom stereocenters. The second-order valence-electron chi connectivity index (χ2n) is 29.5. The second-order valence-corrected chi connectivity index (χ2v) is 29.5. The van der Waals surface area contributed by atoms with Crippen molar-refractivity contribution in [2.75, 3.05) is 45.9 Å². The van der Waals surface area contributed by atoms with Crippen LogP contribution in [0, 0.1) is 11.8 Å². The van der Waals surface area contributed by atoms with Gasteiger partial charge in [0.2, 0.25) is 0 Å². The van der Waals surface area contributed by atoms with E-state index >= 15 is 0 Å². The van der Waals surface area contributed by atoms with Gasteiger partial charge in [-0.05, 0) is 237 Å². The molecule has 2 aliphatic rings. The minimum absolute atomic E-state index is 0.605. The van der Waals surface area contributed by atoms with Crippen LogP contribution >= 0.6 is 0 Å². The molecule has 2 saturated heterocycles. The van der Waals surface area contributed by atoms with Crippen LogP contribution in [-0.2, 0) is 0 Å². The highest BCUT2D eigenvalue weighted by atomic mass is 15.2. The summed E-state index contributed by atoms with van der Waals surface area (Å²) in [6.07, 6.45) is 115. The molecule has 0 aromatic heterocycles. The first-order valence-electron chi connectivity index (χ1n) is 42.6. The molecule has 0 aromatic carbocycles. The number of hydrogen-bond donors (Lipinski definition) is 4. The average molecular weight is 1310 g/mol. The molecule has 4 N–H and O–H groups in total. The fourth-order valence-corrected chi connectivity index (χ4v) is 14.8. The van der Waals surface area contributed by atoms with E-state index in [9.17, 15) is 0 Å². The zero-order valence-corrected chi connectivity index (χ0v) is 63.8. The van der Waals surface area contributed by atoms with E-state index < -0.39 is 0 Å². The van der Waals surface area contributed by atoms with Crippen molar-refractivity contribution in [3.8, 4) is 0 Å². The second kappa shape index (κ2) is 73.4. The maximum Gasteiger partial charge on any atom is 0.0457 e. The molecule has 0 radical (unpaired) electrons. The minimum Gasteiger partial charge on any atom is -0.314 e. The molecular weight excluding hydrogens is 1140 g/mol. The van der Waals surface area contributed by atoms with Gasteiger partial charge < -0.3 is 26.2 Å². The third-order valence-electron chi connectivity index (χ3n) is 20.8. The molecule has 5 atom stereocenters. The first-order valence-corrected chi connectivity index (χ1v) is 42.6. The predicted molar refractivity (Wildman–Crippen MR) is 426 cm³/mol. The van der Waals surface area contributed by atoms with Crippen LogP contribution in [0.25, 0.3) is 0 Å². The molecule has 0 amide bonds. The molecule has 2 heterocycles. The Morgan fingerprint density at radius 3 is 0.957 bits per heavy atom. The van der Waals surface area contributed by atoms with Gasteiger partial charge >= 0.3 is 0 Å². The van der Waals surface area contributed by atoms with E-state index in [4.69, 9.17) is 0 Å². The van der Waals surface area contributed by atoms with Gasteiger partial charge in [-0.15, -0.1) is 0 Å². The standard InChI is InChI=1S/C89H165N5/c1-5-9-13-17-21-25-29-33-37-41-45-49-53-57-61-66-76-88(91-78-68-71-82-94-80-69-63-70-81-94)86(74-64-59-55-51-47-43-39-35-31-27-23-19-15-11-7-3)87(75-65-60-56-52-48-44-40-36-32-28-24-20-16-12-8-4)89(92-79-72-73-85-83-90-84-93-85)77-67-62-58-54-50-46-42-38-34-30-26-22-18-14-10-6-2/h21-28,33-40,85-93H,5-20,29-32,41-84H2,1-4H3. The molecule has 2 aliphatic heterocycles. The van der Waals surface area contributed by atoms with Crippen LogP contribution < -0.4 is 21.3 Å². The Hall–Kier alpha value is -2.28. The molecule has 2 rings (SSSR count).